The summed E-state index contributed by atoms with van der Waals surface area (Å²) in [6.45, 7) is 1.17. The Labute approximate surface area is 131 Å². The fraction of sp³-hybridized carbons (Fsp3) is 0.611. The van der Waals surface area contributed by atoms with E-state index in [0.717, 1.165) is 11.8 Å². The topological polar surface area (TPSA) is 3.01 Å². The Kier molecular flexibility index (Phi) is 4.60. The van der Waals surface area contributed by atoms with Gasteiger partial charge in [-0.25, -0.2) is 4.58 Å². The molecule has 1 aromatic rings. The van der Waals surface area contributed by atoms with Crippen molar-refractivity contribution in [1.29, 1.82) is 0 Å². The third-order valence-electron chi connectivity index (χ3n) is 5.08. The van der Waals surface area contributed by atoms with Crippen LogP contribution in [0.4, 0.5) is 0 Å². The standard InChI is InChI=1S/C18H25BrN/c19-14-17-13-18(10-5-2-6-11-18)15-20(17)12-9-16-7-3-1-4-8-16/h1,3-4,7-8,15,17H,2,5-6,9-14H2/q+1. The highest BCUT2D eigenvalue weighted by Gasteiger charge is 2.44. The van der Waals surface area contributed by atoms with E-state index in [1.54, 1.807) is 0 Å². The second-order valence-corrected chi connectivity index (χ2v) is 7.19. The van der Waals surface area contributed by atoms with Crippen molar-refractivity contribution < 1.29 is 4.58 Å². The van der Waals surface area contributed by atoms with E-state index in [0.29, 0.717) is 11.5 Å². The van der Waals surface area contributed by atoms with E-state index in [1.807, 2.05) is 0 Å². The van der Waals surface area contributed by atoms with Gasteiger partial charge in [-0.2, -0.15) is 0 Å². The summed E-state index contributed by atoms with van der Waals surface area (Å²) >= 11 is 3.73. The second kappa shape index (κ2) is 6.43. The van der Waals surface area contributed by atoms with Gasteiger partial charge in [-0.05, 0) is 18.4 Å². The summed E-state index contributed by atoms with van der Waals surface area (Å²) in [5.74, 6) is 0. The van der Waals surface area contributed by atoms with Crippen LogP contribution in [0.15, 0.2) is 30.3 Å². The van der Waals surface area contributed by atoms with E-state index in [-0.39, 0.29) is 0 Å². The predicted octanol–water partition coefficient (Wildman–Crippen LogP) is 4.43. The second-order valence-electron chi connectivity index (χ2n) is 6.54. The maximum atomic E-state index is 3.73. The molecule has 1 heterocycles. The summed E-state index contributed by atoms with van der Waals surface area (Å²) in [4.78, 5) is 0. The molecule has 2 aliphatic rings. The zero-order chi connectivity index (χ0) is 13.8. The van der Waals surface area contributed by atoms with Crippen LogP contribution in [-0.2, 0) is 6.42 Å². The van der Waals surface area contributed by atoms with Gasteiger partial charge in [0.1, 0.15) is 12.8 Å². The molecular formula is C18H25BrN+. The summed E-state index contributed by atoms with van der Waals surface area (Å²) < 4.78 is 2.63. The smallest absolute Gasteiger partial charge is 0.163 e. The first-order valence-corrected chi connectivity index (χ1v) is 9.15. The molecule has 108 valence electrons. The largest absolute Gasteiger partial charge is 0.235 e. The summed E-state index contributed by atoms with van der Waals surface area (Å²) in [7, 11) is 0. The fourth-order valence-corrected chi connectivity index (χ4v) is 4.58. The monoisotopic (exact) mass is 334 g/mol. The number of rotatable bonds is 4. The molecule has 2 heteroatoms. The first kappa shape index (κ1) is 14.3. The lowest BCUT2D eigenvalue weighted by molar-refractivity contribution is -0.548. The van der Waals surface area contributed by atoms with Crippen molar-refractivity contribution in [3.05, 3.63) is 35.9 Å². The van der Waals surface area contributed by atoms with Gasteiger partial charge in [0.25, 0.3) is 0 Å². The molecule has 1 aromatic carbocycles. The molecule has 0 bridgehead atoms. The van der Waals surface area contributed by atoms with Gasteiger partial charge in [-0.15, -0.1) is 0 Å². The molecule has 20 heavy (non-hydrogen) atoms. The predicted molar refractivity (Wildman–Crippen MR) is 89.1 cm³/mol. The number of alkyl halides is 1. The molecule has 1 atom stereocenters. The van der Waals surface area contributed by atoms with Gasteiger partial charge in [-0.1, -0.05) is 65.5 Å². The quantitative estimate of drug-likeness (QED) is 0.566. The molecule has 1 nitrogen and oxygen atoms in total. The normalized spacial score (nSPS) is 24.9. The van der Waals surface area contributed by atoms with Gasteiger partial charge in [0.15, 0.2) is 6.04 Å². The van der Waals surface area contributed by atoms with Gasteiger partial charge < -0.3 is 0 Å². The highest BCUT2D eigenvalue weighted by atomic mass is 79.9. The van der Waals surface area contributed by atoms with E-state index in [1.165, 1.54) is 50.6 Å². The average Bonchev–Trinajstić information content (AvgIpc) is 2.84. The molecule has 0 N–H and O–H groups in total. The molecule has 1 fully saturated rings. The number of halogens is 1. The minimum Gasteiger partial charge on any atom is -0.235 e. The lowest BCUT2D eigenvalue weighted by Crippen LogP contribution is -2.26. The Hall–Kier alpha value is -0.630. The highest BCUT2D eigenvalue weighted by Crippen LogP contribution is 2.42. The minimum atomic E-state index is 0.535. The van der Waals surface area contributed by atoms with Gasteiger partial charge in [-0.3, -0.25) is 0 Å². The molecule has 1 aliphatic carbocycles. The van der Waals surface area contributed by atoms with Crippen molar-refractivity contribution >= 4 is 22.1 Å². The molecular weight excluding hydrogens is 310 g/mol. The maximum Gasteiger partial charge on any atom is 0.163 e. The van der Waals surface area contributed by atoms with Crippen LogP contribution in [-0.4, -0.2) is 28.7 Å². The van der Waals surface area contributed by atoms with Crippen LogP contribution < -0.4 is 0 Å². The van der Waals surface area contributed by atoms with Crippen LogP contribution in [0, 0.1) is 5.41 Å². The molecule has 1 aliphatic heterocycles. The molecule has 1 spiro atoms. The zero-order valence-electron chi connectivity index (χ0n) is 12.2. The van der Waals surface area contributed by atoms with Crippen LogP contribution in [0.1, 0.15) is 44.1 Å². The van der Waals surface area contributed by atoms with E-state index in [9.17, 15) is 0 Å². The third kappa shape index (κ3) is 3.16. The molecule has 0 aromatic heterocycles. The Bertz CT molecular complexity index is 460. The van der Waals surface area contributed by atoms with Gasteiger partial charge >= 0.3 is 0 Å². The Morgan fingerprint density at radius 3 is 2.55 bits per heavy atom. The molecule has 0 saturated heterocycles. The van der Waals surface area contributed by atoms with Gasteiger partial charge in [0.05, 0.1) is 10.7 Å². The molecule has 1 unspecified atom stereocenters. The summed E-state index contributed by atoms with van der Waals surface area (Å²) in [5.41, 5.74) is 1.99. The highest BCUT2D eigenvalue weighted by molar-refractivity contribution is 9.09. The molecule has 1 saturated carbocycles. The Morgan fingerprint density at radius 2 is 1.85 bits per heavy atom. The fourth-order valence-electron chi connectivity index (χ4n) is 3.98. The van der Waals surface area contributed by atoms with Crippen LogP contribution in [0.3, 0.4) is 0 Å². The number of hydrogen-bond acceptors (Lipinski definition) is 0. The van der Waals surface area contributed by atoms with Crippen LogP contribution >= 0.6 is 15.9 Å². The van der Waals surface area contributed by atoms with Crippen LogP contribution in [0.2, 0.25) is 0 Å². The van der Waals surface area contributed by atoms with Crippen LogP contribution in [0.25, 0.3) is 0 Å². The number of benzene rings is 1. The molecule has 0 amide bonds. The summed E-state index contributed by atoms with van der Waals surface area (Å²) in [6, 6.07) is 11.6. The first-order chi connectivity index (χ1) is 9.81. The average molecular weight is 335 g/mol. The van der Waals surface area contributed by atoms with Crippen molar-refractivity contribution in [1.82, 2.24) is 0 Å². The summed E-state index contributed by atoms with van der Waals surface area (Å²) in [5, 5.41) is 1.11. The lowest BCUT2D eigenvalue weighted by atomic mass is 9.73. The molecule has 3 rings (SSSR count). The van der Waals surface area contributed by atoms with Crippen molar-refractivity contribution in [2.45, 2.75) is 51.0 Å². The number of hydrogen-bond donors (Lipinski definition) is 0. The van der Waals surface area contributed by atoms with Crippen molar-refractivity contribution in [2.75, 3.05) is 11.9 Å². The van der Waals surface area contributed by atoms with E-state index in [2.05, 4.69) is 57.1 Å². The number of nitrogens with zero attached hydrogens (tertiary/aromatic N) is 1. The third-order valence-corrected chi connectivity index (χ3v) is 5.83. The SMILES string of the molecule is BrCC1CC2(C=[N+]1CCc1ccccc1)CCCCC2. The minimum absolute atomic E-state index is 0.535. The van der Waals surface area contributed by atoms with E-state index in [4.69, 9.17) is 0 Å². The Morgan fingerprint density at radius 1 is 1.10 bits per heavy atom. The summed E-state index contributed by atoms with van der Waals surface area (Å²) in [6.07, 6.45) is 12.3. The van der Waals surface area contributed by atoms with Gasteiger partial charge in [0, 0.05) is 12.8 Å². The lowest BCUT2D eigenvalue weighted by Gasteiger charge is -2.27. The van der Waals surface area contributed by atoms with Gasteiger partial charge in [0.2, 0.25) is 0 Å². The van der Waals surface area contributed by atoms with E-state index >= 15 is 0 Å². The Balaban J connectivity index is 1.68. The maximum absolute atomic E-state index is 3.73. The van der Waals surface area contributed by atoms with Crippen LogP contribution in [0.5, 0.6) is 0 Å². The molecule has 0 radical (unpaired) electrons. The van der Waals surface area contributed by atoms with E-state index < -0.39 is 0 Å². The van der Waals surface area contributed by atoms with Crippen molar-refractivity contribution in [3.63, 3.8) is 0 Å². The van der Waals surface area contributed by atoms with Crippen molar-refractivity contribution in [3.8, 4) is 0 Å². The zero-order valence-corrected chi connectivity index (χ0v) is 13.8. The first-order valence-electron chi connectivity index (χ1n) is 8.03. The van der Waals surface area contributed by atoms with Crippen molar-refractivity contribution in [2.24, 2.45) is 5.41 Å².